The van der Waals surface area contributed by atoms with Crippen LogP contribution in [0.2, 0.25) is 5.02 Å². The quantitative estimate of drug-likeness (QED) is 0.657. The van der Waals surface area contributed by atoms with Crippen LogP contribution in [0.3, 0.4) is 0 Å². The van der Waals surface area contributed by atoms with E-state index in [2.05, 4.69) is 28.9 Å². The van der Waals surface area contributed by atoms with Crippen LogP contribution in [0.5, 0.6) is 5.88 Å². The molecule has 9 heteroatoms. The van der Waals surface area contributed by atoms with Crippen LogP contribution in [-0.4, -0.2) is 37.8 Å². The van der Waals surface area contributed by atoms with Crippen LogP contribution in [0.1, 0.15) is 38.1 Å². The van der Waals surface area contributed by atoms with Gasteiger partial charge in [-0.2, -0.15) is 5.10 Å². The van der Waals surface area contributed by atoms with E-state index in [1.165, 1.54) is 6.33 Å². The van der Waals surface area contributed by atoms with Gasteiger partial charge < -0.3 is 10.5 Å². The van der Waals surface area contributed by atoms with E-state index in [0.29, 0.717) is 16.6 Å². The normalized spacial score (nSPS) is 15.5. The van der Waals surface area contributed by atoms with Crippen molar-refractivity contribution < 1.29 is 9.53 Å². The number of ether oxygens (including phenoxy) is 1. The molecule has 0 fully saturated rings. The molecule has 31 heavy (non-hydrogen) atoms. The number of anilines is 2. The molecule has 3 aromatic rings. The van der Waals surface area contributed by atoms with E-state index in [1.807, 2.05) is 36.9 Å². The van der Waals surface area contributed by atoms with Crippen molar-refractivity contribution in [3.8, 4) is 17.0 Å². The third-order valence-corrected chi connectivity index (χ3v) is 5.45. The smallest absolute Gasteiger partial charge is 0.268 e. The monoisotopic (exact) mass is 440 g/mol. The first kappa shape index (κ1) is 21.1. The van der Waals surface area contributed by atoms with Crippen LogP contribution in [0.15, 0.2) is 36.9 Å². The number of nitrogen functional groups attached to an aromatic ring is 1. The maximum Gasteiger partial charge on any atom is 0.268 e. The Bertz CT molecular complexity index is 1140. The summed E-state index contributed by atoms with van der Waals surface area (Å²) in [6.07, 6.45) is 5.06. The molecular weight excluding hydrogens is 416 g/mol. The Labute approximate surface area is 186 Å². The molecule has 0 radical (unpaired) electrons. The van der Waals surface area contributed by atoms with E-state index in [9.17, 15) is 4.79 Å². The first-order chi connectivity index (χ1) is 14.7. The largest absolute Gasteiger partial charge is 0.474 e. The van der Waals surface area contributed by atoms with Gasteiger partial charge in [0.1, 0.15) is 24.3 Å². The third-order valence-electron chi connectivity index (χ3n) is 5.13. The summed E-state index contributed by atoms with van der Waals surface area (Å²) in [4.78, 5) is 23.2. The first-order valence-electron chi connectivity index (χ1n) is 10.1. The topological polar surface area (TPSA) is 99.2 Å². The summed E-state index contributed by atoms with van der Waals surface area (Å²) in [7, 11) is 0. The van der Waals surface area contributed by atoms with Crippen LogP contribution >= 0.6 is 11.6 Å². The fourth-order valence-corrected chi connectivity index (χ4v) is 3.99. The molecule has 1 aromatic carbocycles. The summed E-state index contributed by atoms with van der Waals surface area (Å²) in [6.45, 7) is 9.18. The lowest BCUT2D eigenvalue weighted by molar-refractivity contribution is 0.0963. The zero-order valence-electron chi connectivity index (χ0n) is 18.0. The maximum absolute atomic E-state index is 13.5. The molecule has 0 aliphatic carbocycles. The van der Waals surface area contributed by atoms with E-state index in [0.717, 1.165) is 17.7 Å². The van der Waals surface area contributed by atoms with E-state index in [-0.39, 0.29) is 29.8 Å². The molecule has 1 amide bonds. The average molecular weight is 441 g/mol. The van der Waals surface area contributed by atoms with Crippen molar-refractivity contribution in [2.75, 3.05) is 17.2 Å². The molecule has 4 rings (SSSR count). The maximum atomic E-state index is 13.5. The van der Waals surface area contributed by atoms with Gasteiger partial charge >= 0.3 is 0 Å². The molecular formula is C22H25ClN6O2. The summed E-state index contributed by atoms with van der Waals surface area (Å²) < 4.78 is 7.69. The Morgan fingerprint density at radius 2 is 2.06 bits per heavy atom. The molecule has 2 N–H and O–H groups in total. The van der Waals surface area contributed by atoms with Crippen LogP contribution < -0.4 is 15.4 Å². The van der Waals surface area contributed by atoms with Gasteiger partial charge in [0, 0.05) is 29.6 Å². The number of hydrogen-bond donors (Lipinski definition) is 1. The fourth-order valence-electron chi connectivity index (χ4n) is 3.71. The number of hydrogen-bond acceptors (Lipinski definition) is 6. The van der Waals surface area contributed by atoms with Gasteiger partial charge in [0.05, 0.1) is 16.8 Å². The van der Waals surface area contributed by atoms with Gasteiger partial charge in [-0.1, -0.05) is 31.5 Å². The molecule has 0 bridgehead atoms. The number of halogens is 1. The molecule has 162 valence electrons. The van der Waals surface area contributed by atoms with Crippen molar-refractivity contribution >= 4 is 29.0 Å². The van der Waals surface area contributed by atoms with E-state index < -0.39 is 5.54 Å². The minimum absolute atomic E-state index is 0.0815. The molecule has 0 saturated carbocycles. The van der Waals surface area contributed by atoms with Crippen molar-refractivity contribution in [1.29, 1.82) is 0 Å². The Kier molecular flexibility index (Phi) is 5.35. The molecule has 8 nitrogen and oxygen atoms in total. The van der Waals surface area contributed by atoms with E-state index in [1.54, 1.807) is 17.2 Å². The van der Waals surface area contributed by atoms with Gasteiger partial charge in [0.2, 0.25) is 5.88 Å². The lowest BCUT2D eigenvalue weighted by Gasteiger charge is -2.36. The summed E-state index contributed by atoms with van der Waals surface area (Å²) in [5.41, 5.74) is 7.87. The second-order valence-electron chi connectivity index (χ2n) is 8.69. The highest BCUT2D eigenvalue weighted by Gasteiger charge is 2.40. The van der Waals surface area contributed by atoms with Crippen LogP contribution in [0, 0.1) is 5.92 Å². The zero-order chi connectivity index (χ0) is 22.3. The molecule has 0 saturated heterocycles. The minimum Gasteiger partial charge on any atom is -0.474 e. The van der Waals surface area contributed by atoms with Crippen molar-refractivity contribution in [2.24, 2.45) is 5.92 Å². The number of amides is 1. The molecule has 0 unspecified atom stereocenters. The predicted molar refractivity (Wildman–Crippen MR) is 120 cm³/mol. The number of carbonyl (C=O) groups excluding carboxylic acids is 1. The van der Waals surface area contributed by atoms with Crippen molar-refractivity contribution in [2.45, 2.75) is 39.8 Å². The van der Waals surface area contributed by atoms with E-state index in [4.69, 9.17) is 22.1 Å². The number of benzene rings is 1. The van der Waals surface area contributed by atoms with Crippen molar-refractivity contribution in [1.82, 2.24) is 19.7 Å². The number of fused-ring (bicyclic) bond motifs is 1. The third kappa shape index (κ3) is 3.95. The highest BCUT2D eigenvalue weighted by Crippen LogP contribution is 2.37. The summed E-state index contributed by atoms with van der Waals surface area (Å²) in [6, 6.07) is 5.54. The SMILES string of the molecule is CC(C)Cn1cc(-c2ccc(N3C(=O)c4c(N)ncnc4OCC3(C)C)cc2Cl)cn1. The summed E-state index contributed by atoms with van der Waals surface area (Å²) >= 11 is 6.66. The molecule has 1 aliphatic heterocycles. The van der Waals surface area contributed by atoms with Crippen molar-refractivity contribution in [3.05, 3.63) is 47.5 Å². The number of nitrogens with two attached hydrogens (primary N) is 1. The zero-order valence-corrected chi connectivity index (χ0v) is 18.7. The van der Waals surface area contributed by atoms with E-state index >= 15 is 0 Å². The van der Waals surface area contributed by atoms with Gasteiger partial charge in [-0.05, 0) is 31.9 Å². The van der Waals surface area contributed by atoms with Gasteiger partial charge in [-0.25, -0.2) is 9.97 Å². The van der Waals surface area contributed by atoms with Gasteiger partial charge in [0.25, 0.3) is 5.91 Å². The van der Waals surface area contributed by atoms with Crippen molar-refractivity contribution in [3.63, 3.8) is 0 Å². The minimum atomic E-state index is -0.669. The molecule has 0 spiro atoms. The van der Waals surface area contributed by atoms with Crippen LogP contribution in [0.25, 0.3) is 11.1 Å². The summed E-state index contributed by atoms with van der Waals surface area (Å²) in [5.74, 6) is 0.430. The number of rotatable bonds is 4. The second-order valence-corrected chi connectivity index (χ2v) is 9.10. The average Bonchev–Trinajstić information content (AvgIpc) is 3.09. The van der Waals surface area contributed by atoms with Crippen LogP contribution in [0.4, 0.5) is 11.5 Å². The van der Waals surface area contributed by atoms with Crippen LogP contribution in [-0.2, 0) is 6.54 Å². The number of aromatic nitrogens is 4. The Morgan fingerprint density at radius 3 is 2.77 bits per heavy atom. The van der Waals surface area contributed by atoms with Gasteiger partial charge in [-0.3, -0.25) is 14.4 Å². The highest BCUT2D eigenvalue weighted by atomic mass is 35.5. The lowest BCUT2D eigenvalue weighted by Crippen LogP contribution is -2.50. The second kappa shape index (κ2) is 7.85. The Morgan fingerprint density at radius 1 is 1.29 bits per heavy atom. The molecule has 3 heterocycles. The standard InChI is InChI=1S/C22H25ClN6O2/c1-13(2)9-28-10-14(8-27-28)16-6-5-15(7-17(16)23)29-21(30)18-19(24)25-12-26-20(18)31-11-22(29,3)4/h5-8,10,12-13H,9,11H2,1-4H3,(H2,24,25,26). The highest BCUT2D eigenvalue weighted by molar-refractivity contribution is 6.33. The van der Waals surface area contributed by atoms with Gasteiger partial charge in [0.15, 0.2) is 0 Å². The molecule has 2 aromatic heterocycles. The predicted octanol–water partition coefficient (Wildman–Crippen LogP) is 4.05. The number of carbonyl (C=O) groups is 1. The Balaban J connectivity index is 1.73. The molecule has 0 atom stereocenters. The van der Waals surface area contributed by atoms with Gasteiger partial charge in [-0.15, -0.1) is 0 Å². The summed E-state index contributed by atoms with van der Waals surface area (Å²) in [5, 5.41) is 4.94. The lowest BCUT2D eigenvalue weighted by atomic mass is 10.0. The molecule has 1 aliphatic rings. The number of nitrogens with zero attached hydrogens (tertiary/aromatic N) is 5. The Hall–Kier alpha value is -3.13. The first-order valence-corrected chi connectivity index (χ1v) is 10.5. The fraction of sp³-hybridized carbons (Fsp3) is 0.364.